The average Bonchev–Trinajstić information content (AvgIpc) is 2.36. The summed E-state index contributed by atoms with van der Waals surface area (Å²) in [6, 6.07) is 0. The van der Waals surface area contributed by atoms with Crippen molar-refractivity contribution in [2.75, 3.05) is 20.3 Å². The molecule has 1 aliphatic rings. The van der Waals surface area contributed by atoms with Gasteiger partial charge in [-0.3, -0.25) is 9.59 Å². The number of ether oxygens (including phenoxy) is 1. The van der Waals surface area contributed by atoms with Crippen LogP contribution in [0.1, 0.15) is 40.5 Å². The van der Waals surface area contributed by atoms with Gasteiger partial charge in [0, 0.05) is 13.7 Å². The van der Waals surface area contributed by atoms with E-state index in [1.165, 1.54) is 0 Å². The molecule has 1 fully saturated rings. The predicted octanol–water partition coefficient (Wildman–Crippen LogP) is 0.929. The van der Waals surface area contributed by atoms with Crippen LogP contribution in [-0.2, 0) is 14.3 Å². The summed E-state index contributed by atoms with van der Waals surface area (Å²) in [7, 11) is 1.59. The number of carbonyl (C=O) groups is 2. The van der Waals surface area contributed by atoms with Crippen LogP contribution in [0.25, 0.3) is 0 Å². The van der Waals surface area contributed by atoms with E-state index in [1.807, 2.05) is 20.8 Å². The van der Waals surface area contributed by atoms with Gasteiger partial charge in [0.05, 0.1) is 6.61 Å². The Labute approximate surface area is 109 Å². The van der Waals surface area contributed by atoms with Crippen LogP contribution in [0, 0.1) is 0 Å². The quantitative estimate of drug-likeness (QED) is 0.796. The molecule has 0 saturated carbocycles. The zero-order valence-corrected chi connectivity index (χ0v) is 12.0. The van der Waals surface area contributed by atoms with Crippen molar-refractivity contribution in [2.24, 2.45) is 0 Å². The molecule has 1 aliphatic heterocycles. The lowest BCUT2D eigenvalue weighted by atomic mass is 9.84. The highest BCUT2D eigenvalue weighted by Gasteiger charge is 2.52. The van der Waals surface area contributed by atoms with Crippen molar-refractivity contribution in [3.63, 3.8) is 0 Å². The van der Waals surface area contributed by atoms with Gasteiger partial charge < -0.3 is 15.0 Å². The van der Waals surface area contributed by atoms with Crippen LogP contribution < -0.4 is 5.32 Å². The van der Waals surface area contributed by atoms with Gasteiger partial charge in [-0.25, -0.2) is 0 Å². The van der Waals surface area contributed by atoms with E-state index in [0.29, 0.717) is 26.0 Å². The number of rotatable bonds is 5. The summed E-state index contributed by atoms with van der Waals surface area (Å²) in [5, 5.41) is 2.87. The fourth-order valence-corrected chi connectivity index (χ4v) is 2.21. The van der Waals surface area contributed by atoms with E-state index in [-0.39, 0.29) is 11.8 Å². The second-order valence-corrected chi connectivity index (χ2v) is 5.22. The van der Waals surface area contributed by atoms with Gasteiger partial charge in [-0.1, -0.05) is 13.8 Å². The molecule has 1 N–H and O–H groups in total. The lowest BCUT2D eigenvalue weighted by Crippen LogP contribution is -2.74. The van der Waals surface area contributed by atoms with E-state index in [0.717, 1.165) is 0 Å². The standard InChI is InChI=1S/C13H24N2O3/c1-6-12(3)11(17)15(8-9-18-5)13(4,7-2)10(16)14-12/h6-9H2,1-5H3,(H,14,16). The van der Waals surface area contributed by atoms with Gasteiger partial charge in [0.2, 0.25) is 11.8 Å². The average molecular weight is 256 g/mol. The van der Waals surface area contributed by atoms with Crippen LogP contribution in [0.4, 0.5) is 0 Å². The maximum absolute atomic E-state index is 12.6. The smallest absolute Gasteiger partial charge is 0.248 e. The molecule has 0 aromatic carbocycles. The SMILES string of the molecule is CCC1(C)NC(=O)C(C)(CC)N(CCOC)C1=O. The maximum atomic E-state index is 12.6. The Kier molecular flexibility index (Phi) is 4.37. The summed E-state index contributed by atoms with van der Waals surface area (Å²) in [4.78, 5) is 26.5. The lowest BCUT2D eigenvalue weighted by molar-refractivity contribution is -0.162. The van der Waals surface area contributed by atoms with Crippen LogP contribution in [0.15, 0.2) is 0 Å². The molecule has 0 bridgehead atoms. The zero-order valence-electron chi connectivity index (χ0n) is 12.0. The molecule has 0 aromatic rings. The fourth-order valence-electron chi connectivity index (χ4n) is 2.21. The van der Waals surface area contributed by atoms with E-state index in [4.69, 9.17) is 4.74 Å². The predicted molar refractivity (Wildman–Crippen MR) is 69.1 cm³/mol. The van der Waals surface area contributed by atoms with E-state index in [1.54, 1.807) is 18.9 Å². The first-order valence-electron chi connectivity index (χ1n) is 6.49. The third-order valence-electron chi connectivity index (χ3n) is 4.11. The molecule has 104 valence electrons. The minimum Gasteiger partial charge on any atom is -0.383 e. The first-order valence-corrected chi connectivity index (χ1v) is 6.49. The van der Waals surface area contributed by atoms with Gasteiger partial charge in [-0.2, -0.15) is 0 Å². The zero-order chi connectivity index (χ0) is 14.0. The molecule has 1 saturated heterocycles. The number of carbonyl (C=O) groups excluding carboxylic acids is 2. The Morgan fingerprint density at radius 1 is 1.22 bits per heavy atom. The summed E-state index contributed by atoms with van der Waals surface area (Å²) in [6.45, 7) is 8.30. The molecule has 0 aliphatic carbocycles. The van der Waals surface area contributed by atoms with Crippen molar-refractivity contribution < 1.29 is 14.3 Å². The highest BCUT2D eigenvalue weighted by molar-refractivity contribution is 6.01. The van der Waals surface area contributed by atoms with E-state index in [9.17, 15) is 9.59 Å². The third-order valence-corrected chi connectivity index (χ3v) is 4.11. The molecule has 5 nitrogen and oxygen atoms in total. The molecule has 2 amide bonds. The highest BCUT2D eigenvalue weighted by atomic mass is 16.5. The molecule has 1 heterocycles. The maximum Gasteiger partial charge on any atom is 0.248 e. The van der Waals surface area contributed by atoms with Crippen LogP contribution in [-0.4, -0.2) is 48.1 Å². The number of amides is 2. The van der Waals surface area contributed by atoms with Crippen molar-refractivity contribution in [1.29, 1.82) is 0 Å². The summed E-state index contributed by atoms with van der Waals surface area (Å²) in [5.41, 5.74) is -1.57. The number of hydrogen-bond acceptors (Lipinski definition) is 3. The van der Waals surface area contributed by atoms with Gasteiger partial charge in [0.25, 0.3) is 0 Å². The molecule has 2 atom stereocenters. The monoisotopic (exact) mass is 256 g/mol. The van der Waals surface area contributed by atoms with Gasteiger partial charge in [0.15, 0.2) is 0 Å². The van der Waals surface area contributed by atoms with Crippen molar-refractivity contribution in [2.45, 2.75) is 51.6 Å². The number of nitrogens with zero attached hydrogens (tertiary/aromatic N) is 1. The van der Waals surface area contributed by atoms with Crippen molar-refractivity contribution in [3.05, 3.63) is 0 Å². The second-order valence-electron chi connectivity index (χ2n) is 5.22. The van der Waals surface area contributed by atoms with Crippen molar-refractivity contribution in [1.82, 2.24) is 10.2 Å². The fraction of sp³-hybridized carbons (Fsp3) is 0.846. The first kappa shape index (κ1) is 15.0. The molecule has 0 spiro atoms. The molecule has 5 heteroatoms. The molecule has 0 aromatic heterocycles. The van der Waals surface area contributed by atoms with Crippen LogP contribution in [0.2, 0.25) is 0 Å². The lowest BCUT2D eigenvalue weighted by Gasteiger charge is -2.49. The van der Waals surface area contributed by atoms with Crippen LogP contribution in [0.3, 0.4) is 0 Å². The second kappa shape index (κ2) is 5.26. The highest BCUT2D eigenvalue weighted by Crippen LogP contribution is 2.30. The van der Waals surface area contributed by atoms with Gasteiger partial charge >= 0.3 is 0 Å². The summed E-state index contributed by atoms with van der Waals surface area (Å²) >= 11 is 0. The Balaban J connectivity index is 3.09. The molecule has 0 radical (unpaired) electrons. The number of nitrogens with one attached hydrogen (secondary N) is 1. The molecule has 1 rings (SSSR count). The summed E-state index contributed by atoms with van der Waals surface area (Å²) < 4.78 is 5.04. The Hall–Kier alpha value is -1.10. The van der Waals surface area contributed by atoms with Crippen molar-refractivity contribution in [3.8, 4) is 0 Å². The normalized spacial score (nSPS) is 32.6. The topological polar surface area (TPSA) is 58.6 Å². The number of piperazine rings is 1. The van der Waals surface area contributed by atoms with Crippen LogP contribution in [0.5, 0.6) is 0 Å². The third kappa shape index (κ3) is 2.23. The number of hydrogen-bond donors (Lipinski definition) is 1. The van der Waals surface area contributed by atoms with E-state index < -0.39 is 11.1 Å². The van der Waals surface area contributed by atoms with Gasteiger partial charge in [-0.05, 0) is 26.7 Å². The number of methoxy groups -OCH3 is 1. The Morgan fingerprint density at radius 2 is 1.83 bits per heavy atom. The summed E-state index contributed by atoms with van der Waals surface area (Å²) in [5.74, 6) is -0.101. The molecular formula is C13H24N2O3. The largest absolute Gasteiger partial charge is 0.383 e. The summed E-state index contributed by atoms with van der Waals surface area (Å²) in [6.07, 6.45) is 1.18. The Bertz CT molecular complexity index is 345. The molecule has 2 unspecified atom stereocenters. The van der Waals surface area contributed by atoms with E-state index in [2.05, 4.69) is 5.32 Å². The first-order chi connectivity index (χ1) is 8.35. The molecular weight excluding hydrogens is 232 g/mol. The Morgan fingerprint density at radius 3 is 2.28 bits per heavy atom. The van der Waals surface area contributed by atoms with Gasteiger partial charge in [0.1, 0.15) is 11.1 Å². The minimum absolute atomic E-state index is 0.0222. The molecule has 18 heavy (non-hydrogen) atoms. The van der Waals surface area contributed by atoms with Crippen molar-refractivity contribution >= 4 is 11.8 Å². The minimum atomic E-state index is -0.792. The van der Waals surface area contributed by atoms with Gasteiger partial charge in [-0.15, -0.1) is 0 Å². The van der Waals surface area contributed by atoms with E-state index >= 15 is 0 Å². The van der Waals surface area contributed by atoms with Crippen LogP contribution >= 0.6 is 0 Å².